The first kappa shape index (κ1) is 12.6. The lowest BCUT2D eigenvalue weighted by Gasteiger charge is -2.08. The average molecular weight is 146 g/mol. The van der Waals surface area contributed by atoms with Crippen LogP contribution in [0.2, 0.25) is 0 Å². The lowest BCUT2D eigenvalue weighted by Crippen LogP contribution is -2.03. The molecule has 0 atom stereocenters. The summed E-state index contributed by atoms with van der Waals surface area (Å²) in [5.74, 6) is 0. The summed E-state index contributed by atoms with van der Waals surface area (Å²) in [5, 5.41) is 0. The molecule has 1 aliphatic heterocycles. The van der Waals surface area contributed by atoms with E-state index in [1.54, 1.807) is 0 Å². The number of ether oxygens (including phenoxy) is 1. The van der Waals surface area contributed by atoms with Crippen LogP contribution < -0.4 is 0 Å². The second kappa shape index (κ2) is 16.0. The highest BCUT2D eigenvalue weighted by Gasteiger charge is 1.94. The van der Waals surface area contributed by atoms with Crippen LogP contribution in [0.25, 0.3) is 0 Å². The van der Waals surface area contributed by atoms with Crippen molar-refractivity contribution in [1.82, 2.24) is 0 Å². The predicted octanol–water partition coefficient (Wildman–Crippen LogP) is 3.24. The zero-order chi connectivity index (χ0) is 8.24. The molecule has 0 amide bonds. The van der Waals surface area contributed by atoms with Gasteiger partial charge in [0, 0.05) is 13.2 Å². The fourth-order valence-corrected chi connectivity index (χ4v) is 0.687. The maximum Gasteiger partial charge on any atom is 0.0466 e. The molecule has 0 unspecified atom stereocenters. The lowest BCUT2D eigenvalue weighted by atomic mass is 10.2. The van der Waals surface area contributed by atoms with Gasteiger partial charge in [-0.05, 0) is 19.3 Å². The highest BCUT2D eigenvalue weighted by molar-refractivity contribution is 4.45. The van der Waals surface area contributed by atoms with Crippen LogP contribution >= 0.6 is 0 Å². The van der Waals surface area contributed by atoms with Gasteiger partial charge in [-0.15, -0.1) is 0 Å². The Hall–Kier alpha value is -0.0400. The normalized spacial score (nSPS) is 15.6. The molecule has 0 bridgehead atoms. The van der Waals surface area contributed by atoms with E-state index in [4.69, 9.17) is 4.74 Å². The van der Waals surface area contributed by atoms with Gasteiger partial charge in [-0.25, -0.2) is 0 Å². The van der Waals surface area contributed by atoms with Gasteiger partial charge in [0.1, 0.15) is 0 Å². The molecule has 1 rings (SSSR count). The molecule has 1 saturated heterocycles. The molecular weight excluding hydrogens is 124 g/mol. The third-order valence-electron chi connectivity index (χ3n) is 1.08. The number of rotatable bonds is 0. The van der Waals surface area contributed by atoms with Crippen LogP contribution in [0.5, 0.6) is 0 Å². The van der Waals surface area contributed by atoms with Gasteiger partial charge in [0.2, 0.25) is 0 Å². The molecule has 0 aromatic carbocycles. The van der Waals surface area contributed by atoms with E-state index in [9.17, 15) is 0 Å². The largest absolute Gasteiger partial charge is 0.381 e. The molecule has 1 fully saturated rings. The van der Waals surface area contributed by atoms with Crippen molar-refractivity contribution in [2.45, 2.75) is 47.0 Å². The number of hydrogen-bond donors (Lipinski definition) is 0. The van der Waals surface area contributed by atoms with Crippen molar-refractivity contribution in [3.63, 3.8) is 0 Å². The third kappa shape index (κ3) is 10.9. The van der Waals surface area contributed by atoms with E-state index in [1.165, 1.54) is 19.3 Å². The molecule has 0 aromatic rings. The second-order valence-electron chi connectivity index (χ2n) is 1.67. The Morgan fingerprint density at radius 2 is 1.10 bits per heavy atom. The summed E-state index contributed by atoms with van der Waals surface area (Å²) in [6.07, 6.45) is 3.93. The molecule has 0 spiro atoms. The van der Waals surface area contributed by atoms with Crippen LogP contribution in [0, 0.1) is 0 Å². The zero-order valence-electron chi connectivity index (χ0n) is 7.94. The molecule has 1 aliphatic rings. The Bertz CT molecular complexity index is 20.2. The summed E-state index contributed by atoms with van der Waals surface area (Å²) >= 11 is 0. The second-order valence-corrected chi connectivity index (χ2v) is 1.67. The topological polar surface area (TPSA) is 9.23 Å². The molecule has 1 heteroatoms. The van der Waals surface area contributed by atoms with Crippen molar-refractivity contribution in [3.05, 3.63) is 0 Å². The summed E-state index contributed by atoms with van der Waals surface area (Å²) in [4.78, 5) is 0. The van der Waals surface area contributed by atoms with Crippen LogP contribution in [0.15, 0.2) is 0 Å². The zero-order valence-corrected chi connectivity index (χ0v) is 7.94. The fourth-order valence-electron chi connectivity index (χ4n) is 0.687. The predicted molar refractivity (Wildman–Crippen MR) is 47.4 cm³/mol. The Kier molecular flexibility index (Phi) is 20.2. The van der Waals surface area contributed by atoms with Gasteiger partial charge in [-0.3, -0.25) is 0 Å². The molecule has 1 nitrogen and oxygen atoms in total. The first-order chi connectivity index (χ1) is 5.00. The van der Waals surface area contributed by atoms with Gasteiger partial charge in [0.25, 0.3) is 0 Å². The van der Waals surface area contributed by atoms with Gasteiger partial charge in [-0.1, -0.05) is 27.7 Å². The van der Waals surface area contributed by atoms with E-state index in [0.717, 1.165) is 13.2 Å². The Balaban J connectivity index is 0. The maximum absolute atomic E-state index is 5.07. The average Bonchev–Trinajstić information content (AvgIpc) is 2.14. The van der Waals surface area contributed by atoms with E-state index < -0.39 is 0 Å². The first-order valence-electron chi connectivity index (χ1n) is 4.58. The van der Waals surface area contributed by atoms with Crippen LogP contribution in [0.3, 0.4) is 0 Å². The van der Waals surface area contributed by atoms with Crippen molar-refractivity contribution in [2.24, 2.45) is 0 Å². The minimum absolute atomic E-state index is 1.00. The highest BCUT2D eigenvalue weighted by atomic mass is 16.5. The van der Waals surface area contributed by atoms with Crippen LogP contribution in [-0.2, 0) is 4.74 Å². The van der Waals surface area contributed by atoms with Crippen molar-refractivity contribution in [1.29, 1.82) is 0 Å². The molecule has 0 saturated carbocycles. The molecule has 0 aliphatic carbocycles. The molecule has 10 heavy (non-hydrogen) atoms. The Morgan fingerprint density at radius 3 is 1.20 bits per heavy atom. The van der Waals surface area contributed by atoms with Crippen LogP contribution in [0.1, 0.15) is 47.0 Å². The lowest BCUT2D eigenvalue weighted by molar-refractivity contribution is 0.0968. The van der Waals surface area contributed by atoms with Crippen molar-refractivity contribution in [2.75, 3.05) is 13.2 Å². The van der Waals surface area contributed by atoms with Gasteiger partial charge in [0.15, 0.2) is 0 Å². The molecule has 0 radical (unpaired) electrons. The minimum Gasteiger partial charge on any atom is -0.381 e. The summed E-state index contributed by atoms with van der Waals surface area (Å²) in [5.41, 5.74) is 0. The molecule has 64 valence electrons. The van der Waals surface area contributed by atoms with Gasteiger partial charge < -0.3 is 4.74 Å². The quantitative estimate of drug-likeness (QED) is 0.510. The summed E-state index contributed by atoms with van der Waals surface area (Å²) in [6, 6.07) is 0. The Morgan fingerprint density at radius 1 is 0.700 bits per heavy atom. The van der Waals surface area contributed by atoms with Crippen LogP contribution in [-0.4, -0.2) is 13.2 Å². The van der Waals surface area contributed by atoms with Gasteiger partial charge in [0.05, 0.1) is 0 Å². The highest BCUT2D eigenvalue weighted by Crippen LogP contribution is 2.02. The minimum atomic E-state index is 1.00. The molecule has 0 N–H and O–H groups in total. The Labute approximate surface area is 65.8 Å². The summed E-state index contributed by atoms with van der Waals surface area (Å²) in [6.45, 7) is 10.0. The maximum atomic E-state index is 5.07. The number of hydrogen-bond acceptors (Lipinski definition) is 1. The standard InChI is InChI=1S/C5H10O.2C2H6/c1-2-4-6-5-3-1;2*1-2/h1-5H2;2*1-2H3. The monoisotopic (exact) mass is 146 g/mol. The molecule has 0 aromatic heterocycles. The summed E-state index contributed by atoms with van der Waals surface area (Å²) < 4.78 is 5.07. The van der Waals surface area contributed by atoms with E-state index in [1.807, 2.05) is 27.7 Å². The van der Waals surface area contributed by atoms with Gasteiger partial charge in [-0.2, -0.15) is 0 Å². The van der Waals surface area contributed by atoms with E-state index in [2.05, 4.69) is 0 Å². The van der Waals surface area contributed by atoms with E-state index in [0.29, 0.717) is 0 Å². The third-order valence-corrected chi connectivity index (χ3v) is 1.08. The smallest absolute Gasteiger partial charge is 0.0466 e. The van der Waals surface area contributed by atoms with Crippen molar-refractivity contribution in [3.8, 4) is 0 Å². The van der Waals surface area contributed by atoms with Gasteiger partial charge >= 0.3 is 0 Å². The summed E-state index contributed by atoms with van der Waals surface area (Å²) in [7, 11) is 0. The van der Waals surface area contributed by atoms with Crippen LogP contribution in [0.4, 0.5) is 0 Å². The van der Waals surface area contributed by atoms with E-state index in [-0.39, 0.29) is 0 Å². The SMILES string of the molecule is C1CCOCC1.CC.CC. The first-order valence-corrected chi connectivity index (χ1v) is 4.58. The van der Waals surface area contributed by atoms with Crippen molar-refractivity contribution >= 4 is 0 Å². The fraction of sp³-hybridized carbons (Fsp3) is 1.00. The molecular formula is C9H22O. The van der Waals surface area contributed by atoms with E-state index >= 15 is 0 Å². The molecule has 1 heterocycles. The van der Waals surface area contributed by atoms with Crippen molar-refractivity contribution < 1.29 is 4.74 Å².